The van der Waals surface area contributed by atoms with Crippen LogP contribution in [0.25, 0.3) is 0 Å². The van der Waals surface area contributed by atoms with Crippen molar-refractivity contribution in [2.24, 2.45) is 0 Å². The van der Waals surface area contributed by atoms with Crippen LogP contribution in [0.3, 0.4) is 0 Å². The molecule has 0 spiro atoms. The number of hydrogen-bond acceptors (Lipinski definition) is 3. The molecular formula is C13H14F2N2O2. The van der Waals surface area contributed by atoms with E-state index in [4.69, 9.17) is 9.84 Å². The third-order valence-electron chi connectivity index (χ3n) is 2.63. The molecule has 0 amide bonds. The molecule has 0 aliphatic carbocycles. The first-order valence-corrected chi connectivity index (χ1v) is 5.87. The molecule has 0 saturated heterocycles. The lowest BCUT2D eigenvalue weighted by Crippen LogP contribution is -2.01. The predicted molar refractivity (Wildman–Crippen MR) is 64.5 cm³/mol. The Morgan fingerprint density at radius 1 is 1.26 bits per heavy atom. The van der Waals surface area contributed by atoms with Crippen molar-refractivity contribution >= 4 is 0 Å². The van der Waals surface area contributed by atoms with Crippen LogP contribution in [0.5, 0.6) is 5.75 Å². The van der Waals surface area contributed by atoms with Crippen molar-refractivity contribution < 1.29 is 18.6 Å². The maximum absolute atomic E-state index is 13.6. The highest BCUT2D eigenvalue weighted by molar-refractivity contribution is 5.31. The quantitative estimate of drug-likeness (QED) is 0.904. The molecule has 0 aliphatic rings. The van der Waals surface area contributed by atoms with Gasteiger partial charge in [-0.05, 0) is 24.6 Å². The molecule has 19 heavy (non-hydrogen) atoms. The molecule has 4 nitrogen and oxygen atoms in total. The fourth-order valence-electron chi connectivity index (χ4n) is 1.65. The Hall–Kier alpha value is -1.95. The third-order valence-corrected chi connectivity index (χ3v) is 2.63. The Morgan fingerprint density at radius 2 is 1.95 bits per heavy atom. The van der Waals surface area contributed by atoms with Gasteiger partial charge in [-0.1, -0.05) is 0 Å². The summed E-state index contributed by atoms with van der Waals surface area (Å²) in [6, 6.07) is 2.10. The Labute approximate surface area is 109 Å². The molecule has 0 atom stereocenters. The third kappa shape index (κ3) is 3.08. The minimum absolute atomic E-state index is 0.0340. The van der Waals surface area contributed by atoms with Crippen LogP contribution in [-0.4, -0.2) is 14.9 Å². The average Bonchev–Trinajstić information content (AvgIpc) is 2.85. The van der Waals surface area contributed by atoms with Gasteiger partial charge in [0.1, 0.15) is 6.61 Å². The van der Waals surface area contributed by atoms with Crippen LogP contribution >= 0.6 is 0 Å². The van der Waals surface area contributed by atoms with Crippen molar-refractivity contribution in [3.8, 4) is 5.75 Å². The Kier molecular flexibility index (Phi) is 4.11. The first-order chi connectivity index (χ1) is 9.13. The molecule has 2 aromatic rings. The van der Waals surface area contributed by atoms with Crippen molar-refractivity contribution in [1.82, 2.24) is 9.78 Å². The van der Waals surface area contributed by atoms with Gasteiger partial charge in [-0.15, -0.1) is 0 Å². The summed E-state index contributed by atoms with van der Waals surface area (Å²) in [4.78, 5) is 0. The fraction of sp³-hybridized carbons (Fsp3) is 0.308. The number of benzene rings is 1. The first-order valence-electron chi connectivity index (χ1n) is 5.87. The van der Waals surface area contributed by atoms with E-state index in [9.17, 15) is 8.78 Å². The topological polar surface area (TPSA) is 47.3 Å². The summed E-state index contributed by atoms with van der Waals surface area (Å²) in [6.45, 7) is 2.27. The summed E-state index contributed by atoms with van der Waals surface area (Å²) >= 11 is 0. The smallest absolute Gasteiger partial charge is 0.191 e. The van der Waals surface area contributed by atoms with E-state index in [0.717, 1.165) is 17.7 Å². The number of ether oxygens (including phenoxy) is 1. The van der Waals surface area contributed by atoms with E-state index in [1.807, 2.05) is 6.92 Å². The maximum Gasteiger partial charge on any atom is 0.191 e. The van der Waals surface area contributed by atoms with Gasteiger partial charge in [-0.3, -0.25) is 4.68 Å². The van der Waals surface area contributed by atoms with Gasteiger partial charge >= 0.3 is 0 Å². The zero-order valence-corrected chi connectivity index (χ0v) is 10.4. The van der Waals surface area contributed by atoms with Gasteiger partial charge in [-0.2, -0.15) is 5.10 Å². The summed E-state index contributed by atoms with van der Waals surface area (Å²) in [5.41, 5.74) is 0.896. The van der Waals surface area contributed by atoms with Crippen LogP contribution in [0, 0.1) is 11.6 Å². The molecule has 1 aromatic heterocycles. The summed E-state index contributed by atoms with van der Waals surface area (Å²) in [5.74, 6) is -2.10. The summed E-state index contributed by atoms with van der Waals surface area (Å²) in [7, 11) is 0. The minimum atomic E-state index is -0.827. The van der Waals surface area contributed by atoms with E-state index in [-0.39, 0.29) is 12.2 Å². The lowest BCUT2D eigenvalue weighted by atomic mass is 10.2. The van der Waals surface area contributed by atoms with Crippen LogP contribution in [0.4, 0.5) is 8.78 Å². The number of hydrogen-bond donors (Lipinski definition) is 1. The summed E-state index contributed by atoms with van der Waals surface area (Å²) in [6.07, 6.45) is 3.33. The SMILES string of the molecule is CCn1cc(COc2c(F)cc(CO)cc2F)cn1. The number of aryl methyl sites for hydroxylation is 1. The Bertz CT molecular complexity index is 547. The number of aromatic nitrogens is 2. The monoisotopic (exact) mass is 268 g/mol. The maximum atomic E-state index is 13.6. The van der Waals surface area contributed by atoms with Gasteiger partial charge in [0, 0.05) is 18.3 Å². The molecule has 6 heteroatoms. The van der Waals surface area contributed by atoms with Crippen LogP contribution in [-0.2, 0) is 19.8 Å². The second kappa shape index (κ2) is 5.79. The van der Waals surface area contributed by atoms with Crippen molar-refractivity contribution in [2.75, 3.05) is 0 Å². The Morgan fingerprint density at radius 3 is 2.47 bits per heavy atom. The van der Waals surface area contributed by atoms with Crippen molar-refractivity contribution in [3.63, 3.8) is 0 Å². The van der Waals surface area contributed by atoms with Gasteiger partial charge in [0.05, 0.1) is 12.8 Å². The first kappa shape index (κ1) is 13.5. The van der Waals surface area contributed by atoms with E-state index >= 15 is 0 Å². The Balaban J connectivity index is 2.11. The number of aliphatic hydroxyl groups is 1. The van der Waals surface area contributed by atoms with Crippen molar-refractivity contribution in [2.45, 2.75) is 26.7 Å². The second-order valence-corrected chi connectivity index (χ2v) is 4.04. The molecule has 1 aromatic carbocycles. The second-order valence-electron chi connectivity index (χ2n) is 4.04. The number of halogens is 2. The average molecular weight is 268 g/mol. The standard InChI is InChI=1S/C13H14F2N2O2/c1-2-17-6-10(5-16-17)8-19-13-11(14)3-9(7-18)4-12(13)15/h3-6,18H,2,7-8H2,1H3. The number of rotatable bonds is 5. The van der Waals surface area contributed by atoms with Gasteiger partial charge in [0.15, 0.2) is 17.4 Å². The van der Waals surface area contributed by atoms with Crippen LogP contribution < -0.4 is 4.74 Å². The minimum Gasteiger partial charge on any atom is -0.483 e. The highest BCUT2D eigenvalue weighted by atomic mass is 19.1. The molecule has 1 heterocycles. The normalized spacial score (nSPS) is 10.7. The molecule has 0 radical (unpaired) electrons. The highest BCUT2D eigenvalue weighted by Crippen LogP contribution is 2.24. The van der Waals surface area contributed by atoms with Crippen molar-refractivity contribution in [3.05, 3.63) is 47.3 Å². The molecule has 1 N–H and O–H groups in total. The zero-order valence-electron chi connectivity index (χ0n) is 10.4. The number of aliphatic hydroxyl groups excluding tert-OH is 1. The van der Waals surface area contributed by atoms with Crippen LogP contribution in [0.15, 0.2) is 24.5 Å². The molecule has 0 aliphatic heterocycles. The van der Waals surface area contributed by atoms with E-state index < -0.39 is 24.0 Å². The fourth-order valence-corrected chi connectivity index (χ4v) is 1.65. The lowest BCUT2D eigenvalue weighted by Gasteiger charge is -2.08. The van der Waals surface area contributed by atoms with Gasteiger partial charge in [0.25, 0.3) is 0 Å². The van der Waals surface area contributed by atoms with Crippen LogP contribution in [0.1, 0.15) is 18.1 Å². The molecule has 0 unspecified atom stereocenters. The van der Waals surface area contributed by atoms with Crippen LogP contribution in [0.2, 0.25) is 0 Å². The summed E-state index contributed by atoms with van der Waals surface area (Å²) < 4.78 is 34.0. The summed E-state index contributed by atoms with van der Waals surface area (Å²) in [5, 5.41) is 12.9. The molecule has 0 fully saturated rings. The highest BCUT2D eigenvalue weighted by Gasteiger charge is 2.13. The molecule has 0 bridgehead atoms. The van der Waals surface area contributed by atoms with E-state index in [2.05, 4.69) is 5.10 Å². The number of nitrogens with zero attached hydrogens (tertiary/aromatic N) is 2. The largest absolute Gasteiger partial charge is 0.483 e. The molecule has 102 valence electrons. The zero-order chi connectivity index (χ0) is 13.8. The van der Waals surface area contributed by atoms with E-state index in [1.54, 1.807) is 17.1 Å². The van der Waals surface area contributed by atoms with E-state index in [1.165, 1.54) is 0 Å². The molecule has 0 saturated carbocycles. The van der Waals surface area contributed by atoms with Gasteiger partial charge in [0.2, 0.25) is 0 Å². The van der Waals surface area contributed by atoms with Gasteiger partial charge in [-0.25, -0.2) is 8.78 Å². The van der Waals surface area contributed by atoms with Crippen molar-refractivity contribution in [1.29, 1.82) is 0 Å². The lowest BCUT2D eigenvalue weighted by molar-refractivity contribution is 0.266. The molecular weight excluding hydrogens is 254 g/mol. The van der Waals surface area contributed by atoms with E-state index in [0.29, 0.717) is 6.54 Å². The van der Waals surface area contributed by atoms with Gasteiger partial charge < -0.3 is 9.84 Å². The predicted octanol–water partition coefficient (Wildman–Crippen LogP) is 2.25. The molecule has 2 rings (SSSR count).